The third kappa shape index (κ3) is 3.33. The maximum Gasteiger partial charge on any atom is 0.134 e. The number of thiophene rings is 2. The summed E-state index contributed by atoms with van der Waals surface area (Å²) < 4.78 is 1.04. The molecule has 0 radical (unpaired) electrons. The first-order valence-electron chi connectivity index (χ1n) is 8.62. The Morgan fingerprint density at radius 3 is 1.76 bits per heavy atom. The van der Waals surface area contributed by atoms with E-state index in [1.807, 2.05) is 61.5 Å². The molecule has 4 nitrogen and oxygen atoms in total. The van der Waals surface area contributed by atoms with Gasteiger partial charge in [0.2, 0.25) is 0 Å². The summed E-state index contributed by atoms with van der Waals surface area (Å²) in [6, 6.07) is 17.8. The number of nitriles is 4. The van der Waals surface area contributed by atoms with E-state index in [4.69, 9.17) is 0 Å². The zero-order chi connectivity index (χ0) is 21.1. The lowest BCUT2D eigenvalue weighted by Crippen LogP contribution is -1.88. The number of rotatable bonds is 3. The Hall–Kier alpha value is -3.68. The molecule has 0 amide bonds. The zero-order valence-electron chi connectivity index (χ0n) is 16.0. The fourth-order valence-electron chi connectivity index (χ4n) is 3.22. The van der Waals surface area contributed by atoms with Gasteiger partial charge in [0.05, 0.1) is 4.01 Å². The number of fused-ring (bicyclic) bond motifs is 1. The molecule has 0 atom stereocenters. The van der Waals surface area contributed by atoms with Crippen LogP contribution in [0.1, 0.15) is 29.2 Å². The zero-order valence-corrected chi connectivity index (χ0v) is 17.6. The lowest BCUT2D eigenvalue weighted by Gasteiger charge is -2.07. The smallest absolute Gasteiger partial charge is 0.134 e. The molecule has 1 aromatic carbocycles. The van der Waals surface area contributed by atoms with Gasteiger partial charge in [-0.05, 0) is 43.0 Å². The molecule has 0 saturated carbocycles. The third-order valence-electron chi connectivity index (χ3n) is 4.73. The van der Waals surface area contributed by atoms with E-state index in [1.165, 1.54) is 22.7 Å². The molecule has 2 aromatic heterocycles. The molecule has 3 aromatic rings. The summed E-state index contributed by atoms with van der Waals surface area (Å²) in [6.45, 7) is 5.58. The molecular formula is C23H14N4S2. The van der Waals surface area contributed by atoms with Crippen LogP contribution in [0.2, 0.25) is 0 Å². The number of hydrogen-bond acceptors (Lipinski definition) is 6. The first-order valence-corrected chi connectivity index (χ1v) is 10.3. The Labute approximate surface area is 177 Å². The fourth-order valence-corrected chi connectivity index (χ4v) is 6.06. The maximum atomic E-state index is 9.34. The summed E-state index contributed by atoms with van der Waals surface area (Å²) in [5.74, 6) is 0. The molecule has 0 N–H and O–H groups in total. The SMILES string of the molecule is CC(=C(C#N)C#N)c1sc2sc(C(C)=C(C#N)C#N)c(-c3ccccc3)c2c1C. The van der Waals surface area contributed by atoms with Gasteiger partial charge in [0.25, 0.3) is 0 Å². The molecule has 6 heteroatoms. The van der Waals surface area contributed by atoms with Crippen molar-refractivity contribution < 1.29 is 0 Å². The number of nitrogens with zero attached hydrogens (tertiary/aromatic N) is 4. The van der Waals surface area contributed by atoms with E-state index in [9.17, 15) is 21.0 Å². The number of hydrogen-bond donors (Lipinski definition) is 0. The molecule has 3 rings (SSSR count). The van der Waals surface area contributed by atoms with Crippen molar-refractivity contribution in [3.05, 3.63) is 56.8 Å². The first kappa shape index (κ1) is 20.1. The summed E-state index contributed by atoms with van der Waals surface area (Å²) in [5.41, 5.74) is 4.51. The normalized spacial score (nSPS) is 9.76. The van der Waals surface area contributed by atoms with Crippen LogP contribution in [0, 0.1) is 52.2 Å². The van der Waals surface area contributed by atoms with Gasteiger partial charge in [0.15, 0.2) is 0 Å². The van der Waals surface area contributed by atoms with Gasteiger partial charge in [-0.25, -0.2) is 0 Å². The summed E-state index contributed by atoms with van der Waals surface area (Å²) >= 11 is 3.07. The van der Waals surface area contributed by atoms with Gasteiger partial charge in [-0.1, -0.05) is 30.3 Å². The molecule has 138 valence electrons. The second kappa shape index (κ2) is 8.14. The van der Waals surface area contributed by atoms with E-state index in [-0.39, 0.29) is 11.1 Å². The Kier molecular flexibility index (Phi) is 5.63. The summed E-state index contributed by atoms with van der Waals surface area (Å²) in [5, 5.41) is 38.2. The molecule has 0 aliphatic carbocycles. The molecule has 0 unspecified atom stereocenters. The van der Waals surface area contributed by atoms with Crippen LogP contribution >= 0.6 is 22.7 Å². The largest absolute Gasteiger partial charge is 0.192 e. The van der Waals surface area contributed by atoms with Crippen LogP contribution in [-0.4, -0.2) is 0 Å². The van der Waals surface area contributed by atoms with Crippen molar-refractivity contribution in [2.45, 2.75) is 20.8 Å². The van der Waals surface area contributed by atoms with E-state index in [1.54, 1.807) is 13.8 Å². The average Bonchev–Trinajstić information content (AvgIpc) is 3.27. The van der Waals surface area contributed by atoms with Crippen LogP contribution in [0.25, 0.3) is 31.7 Å². The van der Waals surface area contributed by atoms with Gasteiger partial charge < -0.3 is 0 Å². The molecule has 0 fully saturated rings. The molecule has 0 spiro atoms. The molecule has 0 aliphatic heterocycles. The van der Waals surface area contributed by atoms with Crippen molar-refractivity contribution in [3.63, 3.8) is 0 Å². The van der Waals surface area contributed by atoms with Crippen LogP contribution in [0.15, 0.2) is 41.5 Å². The van der Waals surface area contributed by atoms with E-state index in [2.05, 4.69) is 0 Å². The van der Waals surface area contributed by atoms with Gasteiger partial charge in [0, 0.05) is 20.7 Å². The molecule has 0 aliphatic rings. The van der Waals surface area contributed by atoms with Crippen LogP contribution in [0.5, 0.6) is 0 Å². The van der Waals surface area contributed by atoms with Crippen LogP contribution in [0.3, 0.4) is 0 Å². The molecule has 29 heavy (non-hydrogen) atoms. The van der Waals surface area contributed by atoms with Gasteiger partial charge in [-0.2, -0.15) is 21.0 Å². The Morgan fingerprint density at radius 2 is 1.24 bits per heavy atom. The highest BCUT2D eigenvalue weighted by molar-refractivity contribution is 7.39. The van der Waals surface area contributed by atoms with E-state index >= 15 is 0 Å². The second-order valence-electron chi connectivity index (χ2n) is 6.34. The predicted octanol–water partition coefficient (Wildman–Crippen LogP) is 6.58. The van der Waals surface area contributed by atoms with Crippen molar-refractivity contribution in [2.75, 3.05) is 0 Å². The summed E-state index contributed by atoms with van der Waals surface area (Å²) in [7, 11) is 0. The van der Waals surface area contributed by atoms with Gasteiger partial charge in [0.1, 0.15) is 35.4 Å². The highest BCUT2D eigenvalue weighted by Crippen LogP contribution is 2.49. The van der Waals surface area contributed by atoms with Crippen LogP contribution < -0.4 is 0 Å². The molecule has 0 bridgehead atoms. The van der Waals surface area contributed by atoms with Gasteiger partial charge >= 0.3 is 0 Å². The van der Waals surface area contributed by atoms with Crippen molar-refractivity contribution >= 4 is 43.2 Å². The summed E-state index contributed by atoms with van der Waals surface area (Å²) in [6.07, 6.45) is 0. The molecule has 2 heterocycles. The molecule has 0 saturated heterocycles. The highest BCUT2D eigenvalue weighted by atomic mass is 32.2. The lowest BCUT2D eigenvalue weighted by molar-refractivity contribution is 1.44. The minimum Gasteiger partial charge on any atom is -0.192 e. The quantitative estimate of drug-likeness (QED) is 0.456. The monoisotopic (exact) mass is 410 g/mol. The van der Waals surface area contributed by atoms with E-state index in [0.29, 0.717) is 11.1 Å². The highest BCUT2D eigenvalue weighted by Gasteiger charge is 2.23. The Morgan fingerprint density at radius 1 is 0.759 bits per heavy atom. The van der Waals surface area contributed by atoms with Crippen molar-refractivity contribution in [2.24, 2.45) is 0 Å². The topological polar surface area (TPSA) is 95.2 Å². The van der Waals surface area contributed by atoms with Crippen molar-refractivity contribution in [3.8, 4) is 35.4 Å². The van der Waals surface area contributed by atoms with E-state index < -0.39 is 0 Å². The minimum atomic E-state index is 0.0984. The van der Waals surface area contributed by atoms with Crippen LogP contribution in [-0.2, 0) is 0 Å². The Bertz CT molecular complexity index is 1320. The number of aryl methyl sites for hydroxylation is 1. The number of benzene rings is 1. The van der Waals surface area contributed by atoms with Gasteiger partial charge in [-0.3, -0.25) is 0 Å². The second-order valence-corrected chi connectivity index (χ2v) is 8.64. The van der Waals surface area contributed by atoms with Crippen molar-refractivity contribution in [1.82, 2.24) is 0 Å². The number of allylic oxidation sites excluding steroid dienone is 4. The maximum absolute atomic E-state index is 9.34. The third-order valence-corrected chi connectivity index (χ3v) is 7.54. The summed E-state index contributed by atoms with van der Waals surface area (Å²) in [4.78, 5) is 1.81. The minimum absolute atomic E-state index is 0.0984. The van der Waals surface area contributed by atoms with Crippen molar-refractivity contribution in [1.29, 1.82) is 21.0 Å². The standard InChI is InChI=1S/C23H14N4S2/c1-13(17(9-24)10-25)21-15(3)19-20(16-7-5-4-6-8-16)22(29-23(19)28-21)14(2)18(11-26)12-27/h4-8H,1-3H3. The lowest BCUT2D eigenvalue weighted by atomic mass is 9.96. The van der Waals surface area contributed by atoms with E-state index in [0.717, 1.165) is 35.8 Å². The first-order chi connectivity index (χ1) is 14.0. The predicted molar refractivity (Wildman–Crippen MR) is 118 cm³/mol. The average molecular weight is 411 g/mol. The fraction of sp³-hybridized carbons (Fsp3) is 0.130. The Balaban J connectivity index is 2.44. The molecular weight excluding hydrogens is 396 g/mol. The van der Waals surface area contributed by atoms with Gasteiger partial charge in [-0.15, -0.1) is 22.7 Å². The van der Waals surface area contributed by atoms with Crippen LogP contribution in [0.4, 0.5) is 0 Å².